The summed E-state index contributed by atoms with van der Waals surface area (Å²) < 4.78 is 10.7. The molecule has 0 fully saturated rings. The molecular weight excluding hydrogens is 789 g/mol. The summed E-state index contributed by atoms with van der Waals surface area (Å²) in [6.45, 7) is 4.02. The van der Waals surface area contributed by atoms with E-state index in [1.54, 1.807) is 0 Å². The largest absolute Gasteiger partial charge is 0.462 e. The molecule has 5 heteroatoms. The monoisotopic (exact) mass is 889 g/mol. The number of aliphatic hydroxyl groups excluding tert-OH is 1. The molecule has 0 aliphatic carbocycles. The Kier molecular flexibility index (Phi) is 51.5. The molecule has 0 saturated carbocycles. The maximum atomic E-state index is 12.3. The summed E-state index contributed by atoms with van der Waals surface area (Å²) in [6, 6.07) is 0. The quantitative estimate of drug-likeness (QED) is 0.0374. The van der Waals surface area contributed by atoms with Gasteiger partial charge in [0.1, 0.15) is 6.61 Å². The number of aliphatic hydroxyl groups is 1. The van der Waals surface area contributed by atoms with Gasteiger partial charge in [-0.3, -0.25) is 9.59 Å². The SMILES string of the molecule is CC/C=C\C/C=C\C/C=C\C/C=C\C/C=C\CCCCCCCCCCCCCC(=O)OC(CO)COC(=O)CCCCCCCCCC/C=C\C/C=C\C/C=C\CCCCCCC. The number of rotatable bonds is 48. The third-order valence-electron chi connectivity index (χ3n) is 11.4. The zero-order chi connectivity index (χ0) is 46.3. The lowest BCUT2D eigenvalue weighted by Gasteiger charge is -2.15. The topological polar surface area (TPSA) is 72.8 Å². The molecule has 0 bridgehead atoms. The summed E-state index contributed by atoms with van der Waals surface area (Å²) in [7, 11) is 0. The van der Waals surface area contributed by atoms with Crippen LogP contribution in [-0.2, 0) is 19.1 Å². The van der Waals surface area contributed by atoms with Crippen LogP contribution in [0, 0.1) is 0 Å². The Hall–Kier alpha value is -3.18. The van der Waals surface area contributed by atoms with Crippen molar-refractivity contribution in [1.82, 2.24) is 0 Å². The Morgan fingerprint density at radius 1 is 0.375 bits per heavy atom. The van der Waals surface area contributed by atoms with Crippen LogP contribution in [0.1, 0.15) is 245 Å². The average molecular weight is 889 g/mol. The van der Waals surface area contributed by atoms with E-state index in [1.807, 2.05) is 0 Å². The molecule has 0 amide bonds. The van der Waals surface area contributed by atoms with Gasteiger partial charge in [-0.05, 0) is 96.3 Å². The van der Waals surface area contributed by atoms with Crippen molar-refractivity contribution in [2.45, 2.75) is 251 Å². The first-order chi connectivity index (χ1) is 31.6. The second-order valence-electron chi connectivity index (χ2n) is 17.6. The summed E-state index contributed by atoms with van der Waals surface area (Å²) in [4.78, 5) is 24.5. The van der Waals surface area contributed by atoms with Crippen LogP contribution in [0.25, 0.3) is 0 Å². The molecule has 0 heterocycles. The van der Waals surface area contributed by atoms with Crippen molar-refractivity contribution in [3.63, 3.8) is 0 Å². The van der Waals surface area contributed by atoms with Crippen LogP contribution in [0.5, 0.6) is 0 Å². The van der Waals surface area contributed by atoms with E-state index in [0.29, 0.717) is 12.8 Å². The number of unbranched alkanes of at least 4 members (excludes halogenated alkanes) is 24. The van der Waals surface area contributed by atoms with Crippen molar-refractivity contribution in [2.24, 2.45) is 0 Å². The van der Waals surface area contributed by atoms with Crippen LogP contribution in [-0.4, -0.2) is 36.4 Å². The van der Waals surface area contributed by atoms with Crippen molar-refractivity contribution < 1.29 is 24.2 Å². The van der Waals surface area contributed by atoms with E-state index in [1.165, 1.54) is 135 Å². The van der Waals surface area contributed by atoms with Crippen LogP contribution < -0.4 is 0 Å². The molecule has 5 nitrogen and oxygen atoms in total. The van der Waals surface area contributed by atoms with E-state index < -0.39 is 6.10 Å². The molecule has 0 radical (unpaired) electrons. The fraction of sp³-hybridized carbons (Fsp3) is 0.695. The molecule has 0 aromatic carbocycles. The summed E-state index contributed by atoms with van der Waals surface area (Å²) >= 11 is 0. The molecule has 0 aliphatic heterocycles. The number of allylic oxidation sites excluding steroid dienone is 16. The van der Waals surface area contributed by atoms with Crippen LogP contribution in [0.15, 0.2) is 97.2 Å². The molecule has 0 rings (SSSR count). The molecule has 0 aromatic heterocycles. The highest BCUT2D eigenvalue weighted by atomic mass is 16.6. The van der Waals surface area contributed by atoms with E-state index in [-0.39, 0.29) is 25.2 Å². The van der Waals surface area contributed by atoms with Gasteiger partial charge in [0.2, 0.25) is 0 Å². The first-order valence-corrected chi connectivity index (χ1v) is 26.8. The highest BCUT2D eigenvalue weighted by Gasteiger charge is 2.16. The van der Waals surface area contributed by atoms with E-state index in [0.717, 1.165) is 83.5 Å². The lowest BCUT2D eigenvalue weighted by Crippen LogP contribution is -2.28. The second kappa shape index (κ2) is 54.2. The van der Waals surface area contributed by atoms with Gasteiger partial charge in [-0.25, -0.2) is 0 Å². The van der Waals surface area contributed by atoms with Crippen molar-refractivity contribution in [1.29, 1.82) is 0 Å². The maximum absolute atomic E-state index is 12.3. The lowest BCUT2D eigenvalue weighted by atomic mass is 10.0. The van der Waals surface area contributed by atoms with Gasteiger partial charge in [-0.1, -0.05) is 233 Å². The van der Waals surface area contributed by atoms with E-state index in [2.05, 4.69) is 111 Å². The Balaban J connectivity index is 3.55. The van der Waals surface area contributed by atoms with E-state index in [4.69, 9.17) is 9.47 Å². The van der Waals surface area contributed by atoms with Gasteiger partial charge < -0.3 is 14.6 Å². The van der Waals surface area contributed by atoms with Crippen LogP contribution >= 0.6 is 0 Å². The van der Waals surface area contributed by atoms with Crippen LogP contribution in [0.2, 0.25) is 0 Å². The van der Waals surface area contributed by atoms with Gasteiger partial charge in [-0.2, -0.15) is 0 Å². The second-order valence-corrected chi connectivity index (χ2v) is 17.6. The molecule has 1 N–H and O–H groups in total. The number of carbonyl (C=O) groups excluding carboxylic acids is 2. The number of ether oxygens (including phenoxy) is 2. The minimum Gasteiger partial charge on any atom is -0.462 e. The fourth-order valence-electron chi connectivity index (χ4n) is 7.35. The predicted octanol–water partition coefficient (Wildman–Crippen LogP) is 18.0. The molecule has 0 aromatic rings. The van der Waals surface area contributed by atoms with Gasteiger partial charge in [0.15, 0.2) is 6.10 Å². The average Bonchev–Trinajstić information content (AvgIpc) is 3.30. The van der Waals surface area contributed by atoms with Crippen molar-refractivity contribution in [2.75, 3.05) is 13.2 Å². The molecule has 366 valence electrons. The molecule has 0 saturated heterocycles. The van der Waals surface area contributed by atoms with Gasteiger partial charge in [-0.15, -0.1) is 0 Å². The number of carbonyl (C=O) groups is 2. The molecular formula is C59H100O5. The van der Waals surface area contributed by atoms with Crippen molar-refractivity contribution >= 4 is 11.9 Å². The molecule has 0 aliphatic rings. The summed E-state index contributed by atoms with van der Waals surface area (Å²) in [5.74, 6) is -0.603. The Morgan fingerprint density at radius 2 is 0.672 bits per heavy atom. The third-order valence-corrected chi connectivity index (χ3v) is 11.4. The standard InChI is InChI=1S/C59H100O5/c1-3-5-7-9-11-13-15-17-19-21-23-25-27-28-29-30-32-34-36-38-40-42-44-46-48-50-52-54-59(62)64-57(55-60)56-63-58(61)53-51-49-47-45-43-41-39-37-35-33-31-26-24-22-20-18-16-14-12-10-8-6-4-2/h5,7,11,13,16-19,22-25,28-29,31,33,57,60H,3-4,6,8-10,12,14-15,20-21,26-27,30,32,34-56H2,1-2H3/b7-5-,13-11-,18-16-,19-17-,24-22-,25-23-,29-28-,33-31-. The van der Waals surface area contributed by atoms with Gasteiger partial charge >= 0.3 is 11.9 Å². The van der Waals surface area contributed by atoms with Gasteiger partial charge in [0.05, 0.1) is 6.61 Å². The predicted molar refractivity (Wildman–Crippen MR) is 279 cm³/mol. The first kappa shape index (κ1) is 60.8. The summed E-state index contributed by atoms with van der Waals surface area (Å²) in [5, 5.41) is 9.64. The lowest BCUT2D eigenvalue weighted by molar-refractivity contribution is -0.161. The van der Waals surface area contributed by atoms with Gasteiger partial charge in [0.25, 0.3) is 0 Å². The number of esters is 2. The minimum absolute atomic E-state index is 0.0752. The fourth-order valence-corrected chi connectivity index (χ4v) is 7.35. The molecule has 0 spiro atoms. The maximum Gasteiger partial charge on any atom is 0.306 e. The Labute approximate surface area is 396 Å². The van der Waals surface area contributed by atoms with Crippen molar-refractivity contribution in [3.05, 3.63) is 97.2 Å². The summed E-state index contributed by atoms with van der Waals surface area (Å²) in [6.07, 6.45) is 76.4. The molecule has 1 unspecified atom stereocenters. The highest BCUT2D eigenvalue weighted by molar-refractivity contribution is 5.70. The van der Waals surface area contributed by atoms with Crippen LogP contribution in [0.3, 0.4) is 0 Å². The first-order valence-electron chi connectivity index (χ1n) is 26.8. The van der Waals surface area contributed by atoms with Crippen molar-refractivity contribution in [3.8, 4) is 0 Å². The summed E-state index contributed by atoms with van der Waals surface area (Å²) in [5.41, 5.74) is 0. The zero-order valence-corrected chi connectivity index (χ0v) is 41.8. The molecule has 1 atom stereocenters. The Bertz CT molecular complexity index is 1230. The third kappa shape index (κ3) is 51.5. The van der Waals surface area contributed by atoms with E-state index in [9.17, 15) is 14.7 Å². The number of hydrogen-bond acceptors (Lipinski definition) is 5. The van der Waals surface area contributed by atoms with Gasteiger partial charge in [0, 0.05) is 12.8 Å². The number of hydrogen-bond donors (Lipinski definition) is 1. The normalized spacial score (nSPS) is 13.0. The van der Waals surface area contributed by atoms with Crippen LogP contribution in [0.4, 0.5) is 0 Å². The smallest absolute Gasteiger partial charge is 0.306 e. The highest BCUT2D eigenvalue weighted by Crippen LogP contribution is 2.15. The zero-order valence-electron chi connectivity index (χ0n) is 41.8. The molecule has 64 heavy (non-hydrogen) atoms. The Morgan fingerprint density at radius 3 is 1.02 bits per heavy atom. The minimum atomic E-state index is -0.783. The van der Waals surface area contributed by atoms with E-state index >= 15 is 0 Å².